The van der Waals surface area contributed by atoms with Gasteiger partial charge >= 0.3 is 5.97 Å². The zero-order valence-corrected chi connectivity index (χ0v) is 20.3. The number of hydrogen-bond donors (Lipinski definition) is 2. The number of cyclic esters (lactones) is 1. The van der Waals surface area contributed by atoms with Crippen LogP contribution in [0.25, 0.3) is 10.8 Å². The molecule has 1 fully saturated rings. The maximum absolute atomic E-state index is 12.2. The second kappa shape index (κ2) is 7.91. The van der Waals surface area contributed by atoms with Crippen LogP contribution < -0.4 is 15.8 Å². The Morgan fingerprint density at radius 3 is 2.68 bits per heavy atom. The van der Waals surface area contributed by atoms with Gasteiger partial charge in [0.25, 0.3) is 0 Å². The van der Waals surface area contributed by atoms with Crippen LogP contribution in [0.1, 0.15) is 81.4 Å². The van der Waals surface area contributed by atoms with E-state index in [0.29, 0.717) is 23.1 Å². The molecule has 1 aliphatic carbocycles. The minimum atomic E-state index is -0.554. The standard InChI is InChI=1S/C26H31N5O3/c1-6-26(5,27)19-13-29-23(34-25(4)9-10-25)18-12-28-21(11-17(18)19)30-20-8-7-16-22(31-20)14(2)15(3)33-24(16)32/h7-8,11-15H,6,9-10,27H2,1-5H3,(H,28,30,31)/t14-,15+,26-/m0/s1. The van der Waals surface area contributed by atoms with Crippen molar-refractivity contribution in [3.05, 3.63) is 47.4 Å². The van der Waals surface area contributed by atoms with Crippen LogP contribution in [0.2, 0.25) is 0 Å². The molecule has 4 heterocycles. The van der Waals surface area contributed by atoms with Gasteiger partial charge in [-0.1, -0.05) is 13.8 Å². The minimum absolute atomic E-state index is 0.00249. The number of nitrogens with two attached hydrogens (primary N) is 1. The minimum Gasteiger partial charge on any atom is -0.471 e. The van der Waals surface area contributed by atoms with Crippen LogP contribution in [0.4, 0.5) is 11.6 Å². The molecule has 0 unspecified atom stereocenters. The van der Waals surface area contributed by atoms with E-state index in [0.717, 1.165) is 41.3 Å². The number of aromatic nitrogens is 3. The Balaban J connectivity index is 1.55. The van der Waals surface area contributed by atoms with Crippen molar-refractivity contribution in [1.82, 2.24) is 15.0 Å². The molecule has 3 atom stereocenters. The van der Waals surface area contributed by atoms with Gasteiger partial charge in [0.1, 0.15) is 23.3 Å². The average Bonchev–Trinajstić information content (AvgIpc) is 3.54. The van der Waals surface area contributed by atoms with Crippen LogP contribution in [0.15, 0.2) is 30.6 Å². The third kappa shape index (κ3) is 3.96. The lowest BCUT2D eigenvalue weighted by molar-refractivity contribution is 0.0235. The maximum atomic E-state index is 12.2. The summed E-state index contributed by atoms with van der Waals surface area (Å²) in [5.41, 5.74) is 8.10. The van der Waals surface area contributed by atoms with E-state index >= 15 is 0 Å². The number of pyridine rings is 3. The number of rotatable bonds is 6. The smallest absolute Gasteiger partial charge is 0.340 e. The molecular weight excluding hydrogens is 430 g/mol. The van der Waals surface area contributed by atoms with Crippen molar-refractivity contribution in [1.29, 1.82) is 0 Å². The summed E-state index contributed by atoms with van der Waals surface area (Å²) in [7, 11) is 0. The summed E-state index contributed by atoms with van der Waals surface area (Å²) in [6.07, 6.45) is 6.17. The highest BCUT2D eigenvalue weighted by Gasteiger charge is 2.41. The first-order chi connectivity index (χ1) is 16.1. The molecule has 8 heteroatoms. The van der Waals surface area contributed by atoms with Gasteiger partial charge in [0, 0.05) is 23.9 Å². The number of ether oxygens (including phenoxy) is 2. The molecule has 3 aromatic heterocycles. The number of carbonyl (C=O) groups is 1. The predicted octanol–water partition coefficient (Wildman–Crippen LogP) is 4.95. The predicted molar refractivity (Wildman–Crippen MR) is 130 cm³/mol. The van der Waals surface area contributed by atoms with E-state index in [9.17, 15) is 4.79 Å². The fraction of sp³-hybridized carbons (Fsp3) is 0.462. The molecule has 0 saturated heterocycles. The number of carbonyl (C=O) groups excluding carboxylic acids is 1. The van der Waals surface area contributed by atoms with E-state index in [2.05, 4.69) is 29.1 Å². The molecule has 0 aromatic carbocycles. The van der Waals surface area contributed by atoms with Gasteiger partial charge in [-0.2, -0.15) is 0 Å². The van der Waals surface area contributed by atoms with Crippen LogP contribution in [-0.2, 0) is 10.3 Å². The van der Waals surface area contributed by atoms with E-state index in [-0.39, 0.29) is 23.6 Å². The third-order valence-corrected chi connectivity index (χ3v) is 7.21. The van der Waals surface area contributed by atoms with Crippen LogP contribution in [0.5, 0.6) is 5.88 Å². The Morgan fingerprint density at radius 1 is 1.21 bits per heavy atom. The van der Waals surface area contributed by atoms with Crippen molar-refractivity contribution >= 4 is 28.4 Å². The lowest BCUT2D eigenvalue weighted by Gasteiger charge is -2.27. The molecule has 1 aliphatic heterocycles. The summed E-state index contributed by atoms with van der Waals surface area (Å²) >= 11 is 0. The van der Waals surface area contributed by atoms with Crippen molar-refractivity contribution in [3.63, 3.8) is 0 Å². The fourth-order valence-electron chi connectivity index (χ4n) is 4.17. The summed E-state index contributed by atoms with van der Waals surface area (Å²) in [6.45, 7) is 10.1. The summed E-state index contributed by atoms with van der Waals surface area (Å²) in [5, 5.41) is 5.08. The molecule has 0 spiro atoms. The van der Waals surface area contributed by atoms with Gasteiger partial charge in [-0.05, 0) is 69.2 Å². The monoisotopic (exact) mass is 461 g/mol. The second-order valence-corrected chi connectivity index (χ2v) is 10.1. The van der Waals surface area contributed by atoms with E-state index in [4.69, 9.17) is 20.2 Å². The van der Waals surface area contributed by atoms with E-state index in [1.54, 1.807) is 18.3 Å². The molecule has 0 bridgehead atoms. The summed E-state index contributed by atoms with van der Waals surface area (Å²) in [5.74, 6) is 1.49. The molecule has 3 N–H and O–H groups in total. The number of nitrogens with one attached hydrogen (secondary N) is 1. The first-order valence-electron chi connectivity index (χ1n) is 11.9. The SMILES string of the molecule is CC[C@](C)(N)c1cnc(OC2(C)CC2)c2cnc(Nc3ccc4c(n3)[C@@H](C)[C@@H](C)OC4=O)cc12. The summed E-state index contributed by atoms with van der Waals surface area (Å²) < 4.78 is 11.6. The molecule has 5 rings (SSSR count). The van der Waals surface area contributed by atoms with Crippen molar-refractivity contribution in [2.24, 2.45) is 5.73 Å². The fourth-order valence-corrected chi connectivity index (χ4v) is 4.17. The molecule has 3 aromatic rings. The van der Waals surface area contributed by atoms with Crippen molar-refractivity contribution in [2.75, 3.05) is 5.32 Å². The molecule has 0 radical (unpaired) electrons. The Morgan fingerprint density at radius 2 is 1.97 bits per heavy atom. The molecule has 1 saturated carbocycles. The van der Waals surface area contributed by atoms with Gasteiger partial charge in [0.15, 0.2) is 0 Å². The lowest BCUT2D eigenvalue weighted by Crippen LogP contribution is -2.32. The Labute approximate surface area is 199 Å². The molecule has 0 amide bonds. The number of anilines is 2. The Kier molecular flexibility index (Phi) is 5.24. The number of fused-ring (bicyclic) bond motifs is 2. The van der Waals surface area contributed by atoms with Crippen LogP contribution in [0, 0.1) is 0 Å². The first-order valence-corrected chi connectivity index (χ1v) is 11.9. The zero-order chi connectivity index (χ0) is 24.3. The highest BCUT2D eigenvalue weighted by molar-refractivity contribution is 5.93. The molecular formula is C26H31N5O3. The van der Waals surface area contributed by atoms with Gasteiger partial charge in [0.2, 0.25) is 5.88 Å². The Hall–Kier alpha value is -3.26. The lowest BCUT2D eigenvalue weighted by atomic mass is 9.88. The molecule has 178 valence electrons. The van der Waals surface area contributed by atoms with E-state index < -0.39 is 5.54 Å². The average molecular weight is 462 g/mol. The van der Waals surface area contributed by atoms with E-state index in [1.807, 2.05) is 33.0 Å². The zero-order valence-electron chi connectivity index (χ0n) is 20.3. The first kappa shape index (κ1) is 22.5. The number of esters is 1. The van der Waals surface area contributed by atoms with Gasteiger partial charge in [-0.15, -0.1) is 0 Å². The normalized spacial score (nSPS) is 22.5. The quantitative estimate of drug-likeness (QED) is 0.496. The number of hydrogen-bond acceptors (Lipinski definition) is 8. The second-order valence-electron chi connectivity index (χ2n) is 10.1. The van der Waals surface area contributed by atoms with Gasteiger partial charge in [-0.25, -0.2) is 19.7 Å². The maximum Gasteiger partial charge on any atom is 0.340 e. The van der Waals surface area contributed by atoms with Crippen LogP contribution in [-0.4, -0.2) is 32.6 Å². The van der Waals surface area contributed by atoms with Gasteiger partial charge in [-0.3, -0.25) is 0 Å². The number of nitrogens with zero attached hydrogens (tertiary/aromatic N) is 3. The van der Waals surface area contributed by atoms with Crippen LogP contribution >= 0.6 is 0 Å². The summed E-state index contributed by atoms with van der Waals surface area (Å²) in [4.78, 5) is 26.2. The summed E-state index contributed by atoms with van der Waals surface area (Å²) in [6, 6.07) is 5.49. The molecule has 2 aliphatic rings. The Bertz CT molecular complexity index is 1280. The highest BCUT2D eigenvalue weighted by Crippen LogP contribution is 2.42. The molecule has 8 nitrogen and oxygen atoms in total. The highest BCUT2D eigenvalue weighted by atomic mass is 16.5. The molecule has 34 heavy (non-hydrogen) atoms. The van der Waals surface area contributed by atoms with Gasteiger partial charge in [0.05, 0.1) is 16.6 Å². The van der Waals surface area contributed by atoms with Crippen molar-refractivity contribution in [2.45, 2.75) is 77.0 Å². The van der Waals surface area contributed by atoms with Crippen LogP contribution in [0.3, 0.4) is 0 Å². The topological polar surface area (TPSA) is 112 Å². The largest absolute Gasteiger partial charge is 0.471 e. The van der Waals surface area contributed by atoms with Crippen molar-refractivity contribution < 1.29 is 14.3 Å². The van der Waals surface area contributed by atoms with E-state index in [1.165, 1.54) is 0 Å². The van der Waals surface area contributed by atoms with Gasteiger partial charge < -0.3 is 20.5 Å². The van der Waals surface area contributed by atoms with Crippen molar-refractivity contribution in [3.8, 4) is 5.88 Å². The third-order valence-electron chi connectivity index (χ3n) is 7.21.